The fraction of sp³-hybridized carbons (Fsp3) is 0.500. The first-order chi connectivity index (χ1) is 12.6. The van der Waals surface area contributed by atoms with Crippen LogP contribution in [0.3, 0.4) is 0 Å². The van der Waals surface area contributed by atoms with Crippen molar-refractivity contribution in [2.75, 3.05) is 26.7 Å². The standard InChI is InChI=1S/C20H28N4OS.HI/c1-5-21-20(22-12-19-14(2)23-15(3)26-19)24-11-10-17(13-24)16-6-8-18(25-4)9-7-16;/h6-9,17H,5,10-13H2,1-4H3,(H,21,22);1H. The summed E-state index contributed by atoms with van der Waals surface area (Å²) in [5, 5.41) is 4.56. The third kappa shape index (κ3) is 5.57. The van der Waals surface area contributed by atoms with E-state index in [2.05, 4.69) is 48.1 Å². The Morgan fingerprint density at radius 3 is 2.67 bits per heavy atom. The summed E-state index contributed by atoms with van der Waals surface area (Å²) in [6, 6.07) is 8.46. The number of methoxy groups -OCH3 is 1. The van der Waals surface area contributed by atoms with Gasteiger partial charge in [-0.15, -0.1) is 35.3 Å². The van der Waals surface area contributed by atoms with Crippen molar-refractivity contribution in [1.29, 1.82) is 0 Å². The highest BCUT2D eigenvalue weighted by atomic mass is 127. The van der Waals surface area contributed by atoms with E-state index in [0.717, 1.165) is 48.5 Å². The molecule has 148 valence electrons. The first-order valence-corrected chi connectivity index (χ1v) is 10.0. The average molecular weight is 500 g/mol. The average Bonchev–Trinajstić information content (AvgIpc) is 3.25. The zero-order chi connectivity index (χ0) is 18.5. The molecule has 5 nitrogen and oxygen atoms in total. The van der Waals surface area contributed by atoms with Crippen LogP contribution in [0.15, 0.2) is 29.3 Å². The molecule has 0 amide bonds. The van der Waals surface area contributed by atoms with Gasteiger partial charge in [0.1, 0.15) is 5.75 Å². The molecule has 1 aromatic heterocycles. The van der Waals surface area contributed by atoms with Gasteiger partial charge in [-0.05, 0) is 44.9 Å². The molecule has 1 aromatic carbocycles. The Morgan fingerprint density at radius 2 is 2.07 bits per heavy atom. The smallest absolute Gasteiger partial charge is 0.194 e. The molecule has 1 fully saturated rings. The third-order valence-electron chi connectivity index (χ3n) is 4.78. The fourth-order valence-corrected chi connectivity index (χ4v) is 4.26. The molecule has 0 radical (unpaired) electrons. The second-order valence-electron chi connectivity index (χ2n) is 6.62. The number of benzene rings is 1. The molecule has 7 heteroatoms. The molecule has 2 aromatic rings. The van der Waals surface area contributed by atoms with Crippen molar-refractivity contribution in [3.05, 3.63) is 45.4 Å². The number of likely N-dealkylation sites (tertiary alicyclic amines) is 1. The number of hydrogen-bond donors (Lipinski definition) is 1. The van der Waals surface area contributed by atoms with Crippen LogP contribution in [-0.4, -0.2) is 42.6 Å². The molecular weight excluding hydrogens is 471 g/mol. The number of guanidine groups is 1. The molecule has 1 aliphatic rings. The Morgan fingerprint density at radius 1 is 1.33 bits per heavy atom. The largest absolute Gasteiger partial charge is 0.497 e. The molecular formula is C20H29IN4OS. The maximum atomic E-state index is 5.26. The topological polar surface area (TPSA) is 49.8 Å². The van der Waals surface area contributed by atoms with E-state index in [1.165, 1.54) is 10.4 Å². The number of thiazole rings is 1. The van der Waals surface area contributed by atoms with Crippen molar-refractivity contribution in [2.45, 2.75) is 39.7 Å². The molecule has 2 heterocycles. The van der Waals surface area contributed by atoms with Gasteiger partial charge in [0, 0.05) is 30.4 Å². The molecule has 0 bridgehead atoms. The summed E-state index contributed by atoms with van der Waals surface area (Å²) < 4.78 is 5.26. The number of nitrogens with one attached hydrogen (secondary N) is 1. The summed E-state index contributed by atoms with van der Waals surface area (Å²) in [7, 11) is 1.71. The summed E-state index contributed by atoms with van der Waals surface area (Å²) in [6.45, 7) is 9.84. The van der Waals surface area contributed by atoms with Crippen LogP contribution in [0.5, 0.6) is 5.75 Å². The molecule has 1 N–H and O–H groups in total. The van der Waals surface area contributed by atoms with Crippen molar-refractivity contribution in [3.63, 3.8) is 0 Å². The normalized spacial score (nSPS) is 17.0. The highest BCUT2D eigenvalue weighted by molar-refractivity contribution is 14.0. The van der Waals surface area contributed by atoms with E-state index >= 15 is 0 Å². The summed E-state index contributed by atoms with van der Waals surface area (Å²) in [4.78, 5) is 13.0. The van der Waals surface area contributed by atoms with E-state index in [4.69, 9.17) is 9.73 Å². The zero-order valence-electron chi connectivity index (χ0n) is 16.5. The summed E-state index contributed by atoms with van der Waals surface area (Å²) in [5.74, 6) is 2.46. The predicted molar refractivity (Wildman–Crippen MR) is 124 cm³/mol. The number of aliphatic imine (C=N–C) groups is 1. The molecule has 0 aliphatic carbocycles. The van der Waals surface area contributed by atoms with Crippen LogP contribution in [0.2, 0.25) is 0 Å². The Labute approximate surface area is 183 Å². The molecule has 1 unspecified atom stereocenters. The van der Waals surface area contributed by atoms with E-state index in [0.29, 0.717) is 12.5 Å². The molecule has 0 spiro atoms. The highest BCUT2D eigenvalue weighted by Gasteiger charge is 2.26. The lowest BCUT2D eigenvalue weighted by atomic mass is 9.98. The van der Waals surface area contributed by atoms with E-state index in [1.807, 2.05) is 12.1 Å². The maximum Gasteiger partial charge on any atom is 0.194 e. The quantitative estimate of drug-likeness (QED) is 0.377. The molecule has 3 rings (SSSR count). The number of aryl methyl sites for hydroxylation is 2. The van der Waals surface area contributed by atoms with Crippen molar-refractivity contribution >= 4 is 41.3 Å². The number of halogens is 1. The Kier molecular flexibility index (Phi) is 8.34. The van der Waals surface area contributed by atoms with Crippen LogP contribution in [0.1, 0.15) is 40.4 Å². The fourth-order valence-electron chi connectivity index (χ4n) is 3.39. The van der Waals surface area contributed by atoms with E-state index in [-0.39, 0.29) is 24.0 Å². The SMILES string of the molecule is CCNC(=NCc1sc(C)nc1C)N1CCC(c2ccc(OC)cc2)C1.I. The first-order valence-electron chi connectivity index (χ1n) is 9.20. The summed E-state index contributed by atoms with van der Waals surface area (Å²) >= 11 is 1.74. The van der Waals surface area contributed by atoms with Crippen LogP contribution in [-0.2, 0) is 6.54 Å². The Bertz CT molecular complexity index is 760. The molecule has 0 saturated carbocycles. The number of hydrogen-bond acceptors (Lipinski definition) is 4. The lowest BCUT2D eigenvalue weighted by molar-refractivity contribution is 0.414. The van der Waals surface area contributed by atoms with Crippen LogP contribution in [0.4, 0.5) is 0 Å². The van der Waals surface area contributed by atoms with Crippen LogP contribution in [0, 0.1) is 13.8 Å². The van der Waals surface area contributed by atoms with Crippen molar-refractivity contribution in [1.82, 2.24) is 15.2 Å². The number of aromatic nitrogens is 1. The van der Waals surface area contributed by atoms with Crippen molar-refractivity contribution in [2.24, 2.45) is 4.99 Å². The maximum absolute atomic E-state index is 5.26. The van der Waals surface area contributed by atoms with Gasteiger partial charge in [-0.1, -0.05) is 12.1 Å². The van der Waals surface area contributed by atoms with Gasteiger partial charge in [-0.3, -0.25) is 0 Å². The molecule has 27 heavy (non-hydrogen) atoms. The third-order valence-corrected chi connectivity index (χ3v) is 5.84. The van der Waals surface area contributed by atoms with Gasteiger partial charge in [0.15, 0.2) is 5.96 Å². The van der Waals surface area contributed by atoms with Gasteiger partial charge in [-0.25, -0.2) is 9.98 Å². The lowest BCUT2D eigenvalue weighted by Crippen LogP contribution is -2.40. The van der Waals surface area contributed by atoms with E-state index in [1.54, 1.807) is 18.4 Å². The van der Waals surface area contributed by atoms with Gasteiger partial charge < -0.3 is 15.0 Å². The Balaban J connectivity index is 0.00000261. The number of nitrogens with zero attached hydrogens (tertiary/aromatic N) is 3. The van der Waals surface area contributed by atoms with Crippen LogP contribution in [0.25, 0.3) is 0 Å². The van der Waals surface area contributed by atoms with Gasteiger partial charge in [0.25, 0.3) is 0 Å². The minimum Gasteiger partial charge on any atom is -0.497 e. The Hall–Kier alpha value is -1.35. The van der Waals surface area contributed by atoms with Crippen molar-refractivity contribution < 1.29 is 4.74 Å². The minimum atomic E-state index is 0. The summed E-state index contributed by atoms with van der Waals surface area (Å²) in [6.07, 6.45) is 1.15. The van der Waals surface area contributed by atoms with Crippen LogP contribution < -0.4 is 10.1 Å². The van der Waals surface area contributed by atoms with E-state index < -0.39 is 0 Å². The zero-order valence-corrected chi connectivity index (χ0v) is 19.6. The minimum absolute atomic E-state index is 0. The monoisotopic (exact) mass is 500 g/mol. The van der Waals surface area contributed by atoms with Crippen molar-refractivity contribution in [3.8, 4) is 5.75 Å². The molecule has 1 atom stereocenters. The first kappa shape index (κ1) is 21.9. The van der Waals surface area contributed by atoms with Crippen LogP contribution >= 0.6 is 35.3 Å². The predicted octanol–water partition coefficient (Wildman–Crippen LogP) is 4.34. The second-order valence-corrected chi connectivity index (χ2v) is 7.90. The molecule has 1 aliphatic heterocycles. The second kappa shape index (κ2) is 10.3. The van der Waals surface area contributed by atoms with E-state index in [9.17, 15) is 0 Å². The summed E-state index contributed by atoms with van der Waals surface area (Å²) in [5.41, 5.74) is 2.47. The van der Waals surface area contributed by atoms with Gasteiger partial charge in [-0.2, -0.15) is 0 Å². The highest BCUT2D eigenvalue weighted by Crippen LogP contribution is 2.28. The number of rotatable bonds is 5. The van der Waals surface area contributed by atoms with Gasteiger partial charge >= 0.3 is 0 Å². The molecule has 1 saturated heterocycles. The number of ether oxygens (including phenoxy) is 1. The van der Waals surface area contributed by atoms with Gasteiger partial charge in [0.05, 0.1) is 24.4 Å². The lowest BCUT2D eigenvalue weighted by Gasteiger charge is -2.21. The van der Waals surface area contributed by atoms with Gasteiger partial charge in [0.2, 0.25) is 0 Å².